The molecule has 6 heteroatoms. The maximum atomic E-state index is 13.7. The molecule has 114 valence electrons. The zero-order valence-electron chi connectivity index (χ0n) is 11.7. The molecule has 0 saturated carbocycles. The van der Waals surface area contributed by atoms with Crippen LogP contribution in [0.5, 0.6) is 0 Å². The lowest BCUT2D eigenvalue weighted by molar-refractivity contribution is 0.0697. The van der Waals surface area contributed by atoms with Crippen molar-refractivity contribution in [2.75, 3.05) is 5.32 Å². The Hall–Kier alpha value is -2.21. The number of hydrogen-bond acceptors (Lipinski definition) is 3. The van der Waals surface area contributed by atoms with E-state index < -0.39 is 17.7 Å². The second-order valence-corrected chi connectivity index (χ2v) is 6.26. The van der Waals surface area contributed by atoms with Crippen molar-refractivity contribution < 1.29 is 19.1 Å². The van der Waals surface area contributed by atoms with Crippen LogP contribution in [-0.2, 0) is 12.8 Å². The summed E-state index contributed by atoms with van der Waals surface area (Å²) in [6, 6.07) is 5.64. The molecule has 1 aromatic carbocycles. The van der Waals surface area contributed by atoms with E-state index in [0.717, 1.165) is 29.7 Å². The Kier molecular flexibility index (Phi) is 3.94. The third-order valence-electron chi connectivity index (χ3n) is 3.73. The quantitative estimate of drug-likeness (QED) is 0.906. The van der Waals surface area contributed by atoms with Gasteiger partial charge in [0, 0.05) is 4.88 Å². The van der Waals surface area contributed by atoms with Crippen LogP contribution in [0.25, 0.3) is 0 Å². The number of aryl methyl sites for hydroxylation is 1. The van der Waals surface area contributed by atoms with Crippen LogP contribution in [0, 0.1) is 5.82 Å². The van der Waals surface area contributed by atoms with Gasteiger partial charge < -0.3 is 10.4 Å². The third-order valence-corrected chi connectivity index (χ3v) is 4.94. The van der Waals surface area contributed by atoms with E-state index in [9.17, 15) is 19.1 Å². The number of thiophene rings is 1. The lowest BCUT2D eigenvalue weighted by atomic mass is 9.95. The highest BCUT2D eigenvalue weighted by Crippen LogP contribution is 2.38. The van der Waals surface area contributed by atoms with Gasteiger partial charge >= 0.3 is 5.97 Å². The lowest BCUT2D eigenvalue weighted by Crippen LogP contribution is -2.15. The normalized spacial score (nSPS) is 13.5. The molecule has 0 bridgehead atoms. The maximum absolute atomic E-state index is 13.7. The summed E-state index contributed by atoms with van der Waals surface area (Å²) in [4.78, 5) is 24.7. The van der Waals surface area contributed by atoms with Crippen LogP contribution < -0.4 is 5.32 Å². The molecule has 0 unspecified atom stereocenters. The molecule has 1 aromatic heterocycles. The Bertz CT molecular complexity index is 754. The predicted octanol–water partition coefficient (Wildman–Crippen LogP) is 3.72. The Morgan fingerprint density at radius 3 is 2.64 bits per heavy atom. The van der Waals surface area contributed by atoms with E-state index in [2.05, 4.69) is 5.32 Å². The van der Waals surface area contributed by atoms with E-state index in [0.29, 0.717) is 11.4 Å². The second kappa shape index (κ2) is 5.88. The second-order valence-electron chi connectivity index (χ2n) is 5.15. The molecule has 22 heavy (non-hydrogen) atoms. The topological polar surface area (TPSA) is 66.4 Å². The minimum absolute atomic E-state index is 0.0924. The average molecular weight is 319 g/mol. The van der Waals surface area contributed by atoms with Crippen LogP contribution in [0.1, 0.15) is 44.0 Å². The summed E-state index contributed by atoms with van der Waals surface area (Å²) in [6.45, 7) is 0. The number of carboxylic acid groups (broad SMARTS) is 1. The molecule has 1 aliphatic carbocycles. The number of carbonyl (C=O) groups excluding carboxylic acids is 1. The third kappa shape index (κ3) is 2.62. The van der Waals surface area contributed by atoms with Gasteiger partial charge in [-0.1, -0.05) is 12.1 Å². The molecule has 1 aliphatic rings. The van der Waals surface area contributed by atoms with Gasteiger partial charge in [0.1, 0.15) is 10.8 Å². The molecule has 2 aromatic rings. The molecule has 0 aliphatic heterocycles. The first-order valence-corrected chi connectivity index (χ1v) is 7.83. The van der Waals surface area contributed by atoms with Crippen molar-refractivity contribution in [2.45, 2.75) is 25.7 Å². The van der Waals surface area contributed by atoms with Gasteiger partial charge in [-0.3, -0.25) is 4.79 Å². The molecular weight excluding hydrogens is 305 g/mol. The van der Waals surface area contributed by atoms with E-state index in [1.807, 2.05) is 0 Å². The number of anilines is 1. The van der Waals surface area contributed by atoms with Crippen molar-refractivity contribution in [3.63, 3.8) is 0 Å². The standard InChI is InChI=1S/C16H14FNO3S/c17-11-7-3-1-5-9(11)14(19)18-15-13(16(20)21)10-6-2-4-8-12(10)22-15/h1,3,5,7H,2,4,6,8H2,(H,18,19)(H,20,21). The molecule has 2 N–H and O–H groups in total. The highest BCUT2D eigenvalue weighted by atomic mass is 32.1. The lowest BCUT2D eigenvalue weighted by Gasteiger charge is -2.10. The van der Waals surface area contributed by atoms with Gasteiger partial charge in [0.25, 0.3) is 5.91 Å². The smallest absolute Gasteiger partial charge is 0.339 e. The fourth-order valence-electron chi connectivity index (χ4n) is 2.70. The highest BCUT2D eigenvalue weighted by Gasteiger charge is 2.26. The maximum Gasteiger partial charge on any atom is 0.339 e. The Morgan fingerprint density at radius 2 is 1.91 bits per heavy atom. The van der Waals surface area contributed by atoms with Crippen LogP contribution in [0.3, 0.4) is 0 Å². The number of benzene rings is 1. The van der Waals surface area contributed by atoms with Crippen molar-refractivity contribution in [1.82, 2.24) is 0 Å². The van der Waals surface area contributed by atoms with Crippen LogP contribution in [0.2, 0.25) is 0 Å². The Balaban J connectivity index is 1.95. The van der Waals surface area contributed by atoms with Crippen molar-refractivity contribution in [2.24, 2.45) is 0 Å². The van der Waals surface area contributed by atoms with E-state index in [1.165, 1.54) is 29.5 Å². The number of carbonyl (C=O) groups is 2. The van der Waals surface area contributed by atoms with Gasteiger partial charge in [0.15, 0.2) is 0 Å². The molecule has 0 atom stereocenters. The fourth-order valence-corrected chi connectivity index (χ4v) is 3.97. The number of aromatic carboxylic acids is 1. The van der Waals surface area contributed by atoms with Gasteiger partial charge in [-0.15, -0.1) is 11.3 Å². The Labute approximate surface area is 130 Å². The minimum Gasteiger partial charge on any atom is -0.478 e. The molecule has 0 spiro atoms. The fraction of sp³-hybridized carbons (Fsp3) is 0.250. The first-order chi connectivity index (χ1) is 10.6. The van der Waals surface area contributed by atoms with Gasteiger partial charge in [0.05, 0.1) is 11.1 Å². The number of fused-ring (bicyclic) bond motifs is 1. The number of hydrogen-bond donors (Lipinski definition) is 2. The van der Waals surface area contributed by atoms with Crippen molar-refractivity contribution >= 4 is 28.2 Å². The van der Waals surface area contributed by atoms with Crippen LogP contribution in [0.15, 0.2) is 24.3 Å². The van der Waals surface area contributed by atoms with Crippen LogP contribution in [-0.4, -0.2) is 17.0 Å². The van der Waals surface area contributed by atoms with Gasteiger partial charge in [0.2, 0.25) is 0 Å². The number of halogens is 1. The molecule has 0 radical (unpaired) electrons. The monoisotopic (exact) mass is 319 g/mol. The van der Waals surface area contributed by atoms with E-state index in [1.54, 1.807) is 6.07 Å². The molecule has 4 nitrogen and oxygen atoms in total. The number of nitrogens with one attached hydrogen (secondary N) is 1. The number of amides is 1. The molecule has 3 rings (SSSR count). The summed E-state index contributed by atoms with van der Waals surface area (Å²) in [5.41, 5.74) is 0.877. The zero-order valence-corrected chi connectivity index (χ0v) is 12.5. The molecule has 0 saturated heterocycles. The largest absolute Gasteiger partial charge is 0.478 e. The first kappa shape index (κ1) is 14.7. The summed E-state index contributed by atoms with van der Waals surface area (Å²) >= 11 is 1.28. The summed E-state index contributed by atoms with van der Waals surface area (Å²) in [5.74, 6) is -2.30. The van der Waals surface area contributed by atoms with E-state index >= 15 is 0 Å². The average Bonchev–Trinajstić information content (AvgIpc) is 2.85. The Morgan fingerprint density at radius 1 is 1.18 bits per heavy atom. The molecule has 1 amide bonds. The summed E-state index contributed by atoms with van der Waals surface area (Å²) in [6.07, 6.45) is 3.51. The molecular formula is C16H14FNO3S. The summed E-state index contributed by atoms with van der Waals surface area (Å²) in [5, 5.41) is 12.3. The summed E-state index contributed by atoms with van der Waals surface area (Å²) in [7, 11) is 0. The molecule has 0 fully saturated rings. The van der Waals surface area contributed by atoms with Gasteiger partial charge in [-0.25, -0.2) is 9.18 Å². The predicted molar refractivity (Wildman–Crippen MR) is 82.3 cm³/mol. The van der Waals surface area contributed by atoms with Crippen molar-refractivity contribution in [3.05, 3.63) is 51.7 Å². The van der Waals surface area contributed by atoms with Crippen molar-refractivity contribution in [3.8, 4) is 0 Å². The van der Waals surface area contributed by atoms with E-state index in [-0.39, 0.29) is 11.1 Å². The van der Waals surface area contributed by atoms with Crippen molar-refractivity contribution in [1.29, 1.82) is 0 Å². The first-order valence-electron chi connectivity index (χ1n) is 7.01. The molecule has 1 heterocycles. The summed E-state index contributed by atoms with van der Waals surface area (Å²) < 4.78 is 13.7. The van der Waals surface area contributed by atoms with Crippen LogP contribution in [0.4, 0.5) is 9.39 Å². The van der Waals surface area contributed by atoms with Gasteiger partial charge in [-0.05, 0) is 43.4 Å². The highest BCUT2D eigenvalue weighted by molar-refractivity contribution is 7.17. The van der Waals surface area contributed by atoms with E-state index in [4.69, 9.17) is 0 Å². The number of rotatable bonds is 3. The van der Waals surface area contributed by atoms with Gasteiger partial charge in [-0.2, -0.15) is 0 Å². The number of carboxylic acids is 1. The minimum atomic E-state index is -1.05. The SMILES string of the molecule is O=C(Nc1sc2c(c1C(=O)O)CCCC2)c1ccccc1F. The zero-order chi connectivity index (χ0) is 15.7. The van der Waals surface area contributed by atoms with Crippen LogP contribution >= 0.6 is 11.3 Å².